The van der Waals surface area contributed by atoms with Crippen molar-refractivity contribution in [2.45, 2.75) is 25.0 Å². The van der Waals surface area contributed by atoms with Crippen LogP contribution in [0.2, 0.25) is 0 Å². The maximum Gasteiger partial charge on any atom is 0.172 e. The molecule has 0 amide bonds. The molecule has 25 heavy (non-hydrogen) atoms. The first-order valence-electron chi connectivity index (χ1n) is 9.38. The van der Waals surface area contributed by atoms with E-state index < -0.39 is 0 Å². The van der Waals surface area contributed by atoms with Crippen LogP contribution in [0.1, 0.15) is 12.8 Å². The second-order valence-electron chi connectivity index (χ2n) is 7.42. The Morgan fingerprint density at radius 1 is 0.920 bits per heavy atom. The normalized spacial score (nSPS) is 27.2. The molecule has 6 heteroatoms. The molecule has 2 aromatic rings. The summed E-state index contributed by atoms with van der Waals surface area (Å²) in [5.41, 5.74) is 1.96. The molecule has 0 saturated carbocycles. The molecule has 5 rings (SSSR count). The number of ether oxygens (including phenoxy) is 1. The zero-order valence-electron chi connectivity index (χ0n) is 14.8. The second-order valence-corrected chi connectivity index (χ2v) is 7.42. The Balaban J connectivity index is 1.56. The van der Waals surface area contributed by atoms with Gasteiger partial charge in [-0.25, -0.2) is 9.97 Å². The van der Waals surface area contributed by atoms with Crippen molar-refractivity contribution in [2.24, 2.45) is 0 Å². The molecular weight excluding hydrogens is 314 g/mol. The lowest BCUT2D eigenvalue weighted by Crippen LogP contribution is -2.48. The minimum atomic E-state index is 0.276. The van der Waals surface area contributed by atoms with Gasteiger partial charge in [0.1, 0.15) is 0 Å². The number of hydrogen-bond donors (Lipinski definition) is 0. The van der Waals surface area contributed by atoms with Crippen LogP contribution in [-0.4, -0.2) is 73.4 Å². The topological polar surface area (TPSA) is 44.7 Å². The monoisotopic (exact) mass is 339 g/mol. The predicted octanol–water partition coefficient (Wildman–Crippen LogP) is 1.75. The fourth-order valence-corrected chi connectivity index (χ4v) is 4.37. The van der Waals surface area contributed by atoms with Crippen LogP contribution in [-0.2, 0) is 4.74 Å². The van der Waals surface area contributed by atoms with Crippen LogP contribution in [0.25, 0.3) is 11.0 Å². The fraction of sp³-hybridized carbons (Fsp3) is 0.579. The number of para-hydroxylation sites is 2. The molecule has 1 aromatic heterocycles. The first kappa shape index (κ1) is 15.3. The van der Waals surface area contributed by atoms with Gasteiger partial charge in [0.2, 0.25) is 0 Å². The van der Waals surface area contributed by atoms with E-state index in [1.54, 1.807) is 0 Å². The summed E-state index contributed by atoms with van der Waals surface area (Å²) in [4.78, 5) is 17.3. The quantitative estimate of drug-likeness (QED) is 0.831. The Bertz CT molecular complexity index is 775. The van der Waals surface area contributed by atoms with E-state index in [1.165, 1.54) is 12.8 Å². The molecule has 1 aromatic carbocycles. The Kier molecular flexibility index (Phi) is 3.75. The Morgan fingerprint density at radius 3 is 2.28 bits per heavy atom. The summed E-state index contributed by atoms with van der Waals surface area (Å²) in [5, 5.41) is 0. The minimum absolute atomic E-state index is 0.276. The van der Waals surface area contributed by atoms with Crippen LogP contribution in [0, 0.1) is 0 Å². The van der Waals surface area contributed by atoms with Gasteiger partial charge in [-0.1, -0.05) is 12.1 Å². The van der Waals surface area contributed by atoms with Crippen molar-refractivity contribution in [3.63, 3.8) is 0 Å². The molecule has 3 aliphatic heterocycles. The van der Waals surface area contributed by atoms with Gasteiger partial charge in [-0.05, 0) is 32.0 Å². The molecular formula is C19H25N5O. The smallest absolute Gasteiger partial charge is 0.172 e. The van der Waals surface area contributed by atoms with Gasteiger partial charge >= 0.3 is 0 Å². The van der Waals surface area contributed by atoms with Crippen molar-refractivity contribution in [3.05, 3.63) is 24.3 Å². The summed E-state index contributed by atoms with van der Waals surface area (Å²) < 4.78 is 6.03. The summed E-state index contributed by atoms with van der Waals surface area (Å²) in [5.74, 6) is 2.09. The predicted molar refractivity (Wildman–Crippen MR) is 99.4 cm³/mol. The number of aromatic nitrogens is 2. The van der Waals surface area contributed by atoms with E-state index in [9.17, 15) is 0 Å². The average Bonchev–Trinajstić information content (AvgIpc) is 3.31. The van der Waals surface area contributed by atoms with Gasteiger partial charge in [-0.2, -0.15) is 0 Å². The van der Waals surface area contributed by atoms with Gasteiger partial charge in [-0.3, -0.25) is 4.90 Å². The van der Waals surface area contributed by atoms with Crippen molar-refractivity contribution >= 4 is 22.7 Å². The standard InChI is InChI=1S/C19H25N5O/c1-22-10-11-25-17-13-24(12-16(17)22)19-18(23-8-4-5-9-23)20-14-6-2-3-7-15(14)21-19/h2-3,6-7,16-17H,4-5,8-13H2,1H3/t16-,17+/m1/s1. The van der Waals surface area contributed by atoms with Gasteiger partial charge in [0.15, 0.2) is 11.6 Å². The lowest BCUT2D eigenvalue weighted by Gasteiger charge is -2.33. The average molecular weight is 339 g/mol. The van der Waals surface area contributed by atoms with Gasteiger partial charge < -0.3 is 14.5 Å². The van der Waals surface area contributed by atoms with E-state index >= 15 is 0 Å². The molecule has 0 N–H and O–H groups in total. The van der Waals surface area contributed by atoms with Gasteiger partial charge in [0.05, 0.1) is 29.8 Å². The fourth-order valence-electron chi connectivity index (χ4n) is 4.37. The highest BCUT2D eigenvalue weighted by atomic mass is 16.5. The molecule has 0 spiro atoms. The van der Waals surface area contributed by atoms with Crippen molar-refractivity contribution in [3.8, 4) is 0 Å². The SMILES string of the molecule is CN1CCO[C@H]2CN(c3nc4ccccc4nc3N3CCCC3)C[C@H]21. The largest absolute Gasteiger partial charge is 0.373 e. The van der Waals surface area contributed by atoms with Crippen LogP contribution >= 0.6 is 0 Å². The molecule has 0 radical (unpaired) electrons. The third-order valence-electron chi connectivity index (χ3n) is 5.82. The minimum Gasteiger partial charge on any atom is -0.373 e. The molecule has 3 fully saturated rings. The van der Waals surface area contributed by atoms with Crippen molar-refractivity contribution in [2.75, 3.05) is 56.2 Å². The number of rotatable bonds is 2. The van der Waals surface area contributed by atoms with Crippen molar-refractivity contribution < 1.29 is 4.74 Å². The highest BCUT2D eigenvalue weighted by molar-refractivity contribution is 5.81. The first-order valence-corrected chi connectivity index (χ1v) is 9.38. The number of nitrogens with zero attached hydrogens (tertiary/aromatic N) is 5. The molecule has 0 bridgehead atoms. The van der Waals surface area contributed by atoms with E-state index in [2.05, 4.69) is 33.9 Å². The zero-order chi connectivity index (χ0) is 16.8. The Morgan fingerprint density at radius 2 is 1.60 bits per heavy atom. The molecule has 3 saturated heterocycles. The van der Waals surface area contributed by atoms with Crippen molar-refractivity contribution in [1.82, 2.24) is 14.9 Å². The zero-order valence-corrected chi connectivity index (χ0v) is 14.8. The number of fused-ring (bicyclic) bond motifs is 2. The molecule has 3 aliphatic rings. The molecule has 4 heterocycles. The Hall–Kier alpha value is -1.92. The maximum absolute atomic E-state index is 6.03. The Labute approximate surface area is 148 Å². The van der Waals surface area contributed by atoms with Crippen molar-refractivity contribution in [1.29, 1.82) is 0 Å². The third-order valence-corrected chi connectivity index (χ3v) is 5.82. The molecule has 0 unspecified atom stereocenters. The third kappa shape index (κ3) is 2.64. The highest BCUT2D eigenvalue weighted by Crippen LogP contribution is 2.34. The van der Waals surface area contributed by atoms with Crippen LogP contribution in [0.3, 0.4) is 0 Å². The van der Waals surface area contributed by atoms with Gasteiger partial charge in [0, 0.05) is 32.7 Å². The molecule has 132 valence electrons. The summed E-state index contributed by atoms with van der Waals surface area (Å²) in [6.45, 7) is 5.87. The number of anilines is 2. The van der Waals surface area contributed by atoms with E-state index in [0.717, 1.165) is 62.0 Å². The lowest BCUT2D eigenvalue weighted by molar-refractivity contribution is -0.0362. The van der Waals surface area contributed by atoms with Crippen LogP contribution in [0.15, 0.2) is 24.3 Å². The van der Waals surface area contributed by atoms with Crippen LogP contribution < -0.4 is 9.80 Å². The maximum atomic E-state index is 6.03. The number of hydrogen-bond acceptors (Lipinski definition) is 6. The van der Waals surface area contributed by atoms with Crippen LogP contribution in [0.4, 0.5) is 11.6 Å². The van der Waals surface area contributed by atoms with E-state index in [0.29, 0.717) is 6.04 Å². The molecule has 6 nitrogen and oxygen atoms in total. The molecule has 0 aliphatic carbocycles. The molecule has 2 atom stereocenters. The van der Waals surface area contributed by atoms with E-state index in [1.807, 2.05) is 12.1 Å². The summed E-state index contributed by atoms with van der Waals surface area (Å²) in [6, 6.07) is 8.65. The number of likely N-dealkylation sites (N-methyl/N-ethyl adjacent to an activating group) is 1. The summed E-state index contributed by atoms with van der Waals surface area (Å²) in [7, 11) is 2.21. The first-order chi connectivity index (χ1) is 12.3. The van der Waals surface area contributed by atoms with Crippen LogP contribution in [0.5, 0.6) is 0 Å². The summed E-state index contributed by atoms with van der Waals surface area (Å²) >= 11 is 0. The lowest BCUT2D eigenvalue weighted by atomic mass is 10.1. The second kappa shape index (κ2) is 6.11. The number of benzene rings is 1. The van der Waals surface area contributed by atoms with E-state index in [4.69, 9.17) is 14.7 Å². The van der Waals surface area contributed by atoms with E-state index in [-0.39, 0.29) is 6.10 Å². The summed E-state index contributed by atoms with van der Waals surface area (Å²) in [6.07, 6.45) is 2.76. The number of morpholine rings is 1. The van der Waals surface area contributed by atoms with Gasteiger partial charge in [0.25, 0.3) is 0 Å². The highest BCUT2D eigenvalue weighted by Gasteiger charge is 2.40. The van der Waals surface area contributed by atoms with Gasteiger partial charge in [-0.15, -0.1) is 0 Å².